The molecule has 0 aliphatic heterocycles. The van der Waals surface area contributed by atoms with E-state index in [1.807, 2.05) is 12.1 Å². The lowest BCUT2D eigenvalue weighted by Gasteiger charge is -2.10. The van der Waals surface area contributed by atoms with Crippen molar-refractivity contribution in [3.8, 4) is 0 Å². The maximum atomic E-state index is 12.6. The molecule has 0 spiro atoms. The number of benzene rings is 1. The Bertz CT molecular complexity index is 239. The molecule has 0 aliphatic rings. The van der Waals surface area contributed by atoms with E-state index >= 15 is 0 Å². The summed E-state index contributed by atoms with van der Waals surface area (Å²) in [7, 11) is 0. The van der Waals surface area contributed by atoms with E-state index in [1.54, 1.807) is 0 Å². The predicted octanol–water partition coefficient (Wildman–Crippen LogP) is 3.79. The average Bonchev–Trinajstić information content (AvgIpc) is 2.17. The van der Waals surface area contributed by atoms with Gasteiger partial charge in [-0.1, -0.05) is 41.4 Å². The zero-order chi connectivity index (χ0) is 9.68. The maximum Gasteiger partial charge on any atom is 0.123 e. The van der Waals surface area contributed by atoms with Gasteiger partial charge < -0.3 is 0 Å². The van der Waals surface area contributed by atoms with Gasteiger partial charge in [0.25, 0.3) is 0 Å². The largest absolute Gasteiger partial charge is 0.207 e. The molecule has 0 N–H and O–H groups in total. The fraction of sp³-hybridized carbons (Fsp3) is 0.455. The summed E-state index contributed by atoms with van der Waals surface area (Å²) in [6.45, 7) is 2.18. The molecule has 1 atom stereocenters. The molecule has 0 nitrogen and oxygen atoms in total. The minimum absolute atomic E-state index is 0.157. The summed E-state index contributed by atoms with van der Waals surface area (Å²) in [5, 5.41) is 1.01. The van der Waals surface area contributed by atoms with E-state index < -0.39 is 0 Å². The lowest BCUT2D eigenvalue weighted by molar-refractivity contribution is 0.571. The first-order chi connectivity index (χ1) is 6.26. The number of hydrogen-bond acceptors (Lipinski definition) is 0. The van der Waals surface area contributed by atoms with Gasteiger partial charge in [-0.25, -0.2) is 4.39 Å². The number of rotatable bonds is 4. The second-order valence-corrected chi connectivity index (χ2v) is 3.91. The average molecular weight is 245 g/mol. The second-order valence-electron chi connectivity index (χ2n) is 3.26. The van der Waals surface area contributed by atoms with Gasteiger partial charge in [-0.15, -0.1) is 0 Å². The Balaban J connectivity index is 2.58. The molecule has 0 aromatic heterocycles. The zero-order valence-electron chi connectivity index (χ0n) is 7.76. The lowest BCUT2D eigenvalue weighted by Crippen LogP contribution is -2.04. The van der Waals surface area contributed by atoms with Gasteiger partial charge in [-0.3, -0.25) is 0 Å². The van der Waals surface area contributed by atoms with Gasteiger partial charge in [0.2, 0.25) is 0 Å². The van der Waals surface area contributed by atoms with Gasteiger partial charge in [0.15, 0.2) is 0 Å². The van der Waals surface area contributed by atoms with Crippen molar-refractivity contribution in [2.75, 3.05) is 5.33 Å². The third-order valence-corrected chi connectivity index (χ3v) is 3.15. The molecule has 0 amide bonds. The molecule has 1 rings (SSSR count). The topological polar surface area (TPSA) is 0 Å². The molecule has 1 aromatic rings. The van der Waals surface area contributed by atoms with Crippen LogP contribution in [0, 0.1) is 11.7 Å². The van der Waals surface area contributed by atoms with Gasteiger partial charge in [0.1, 0.15) is 5.82 Å². The SMILES string of the molecule is CCC(CBr)Cc1ccc(F)cc1. The Labute approximate surface area is 87.3 Å². The van der Waals surface area contributed by atoms with E-state index in [0.717, 1.165) is 18.2 Å². The molecule has 2 heteroatoms. The van der Waals surface area contributed by atoms with Crippen LogP contribution in [-0.4, -0.2) is 5.33 Å². The first-order valence-electron chi connectivity index (χ1n) is 4.56. The number of alkyl halides is 1. The van der Waals surface area contributed by atoms with Crippen LogP contribution in [0.1, 0.15) is 18.9 Å². The van der Waals surface area contributed by atoms with Crippen LogP contribution in [0.25, 0.3) is 0 Å². The van der Waals surface area contributed by atoms with Crippen molar-refractivity contribution in [1.29, 1.82) is 0 Å². The quantitative estimate of drug-likeness (QED) is 0.708. The summed E-state index contributed by atoms with van der Waals surface area (Å²) >= 11 is 3.47. The summed E-state index contributed by atoms with van der Waals surface area (Å²) < 4.78 is 12.6. The molecule has 0 aliphatic carbocycles. The molecule has 0 fully saturated rings. The van der Waals surface area contributed by atoms with Crippen LogP contribution in [0.5, 0.6) is 0 Å². The van der Waals surface area contributed by atoms with E-state index in [-0.39, 0.29) is 5.82 Å². The molecule has 72 valence electrons. The summed E-state index contributed by atoms with van der Waals surface area (Å²) in [6.07, 6.45) is 2.19. The van der Waals surface area contributed by atoms with E-state index in [0.29, 0.717) is 5.92 Å². The smallest absolute Gasteiger partial charge is 0.123 e. The van der Waals surface area contributed by atoms with Crippen LogP contribution in [0.15, 0.2) is 24.3 Å². The van der Waals surface area contributed by atoms with Crippen LogP contribution in [-0.2, 0) is 6.42 Å². The highest BCUT2D eigenvalue weighted by Gasteiger charge is 2.05. The Kier molecular flexibility index (Phi) is 4.43. The molecule has 1 unspecified atom stereocenters. The molecule has 0 bridgehead atoms. The van der Waals surface area contributed by atoms with Crippen molar-refractivity contribution in [3.63, 3.8) is 0 Å². The summed E-state index contributed by atoms with van der Waals surface area (Å²) in [5.74, 6) is 0.501. The van der Waals surface area contributed by atoms with Crippen molar-refractivity contribution < 1.29 is 4.39 Å². The van der Waals surface area contributed by atoms with E-state index in [9.17, 15) is 4.39 Å². The molecule has 1 aromatic carbocycles. The number of halogens is 2. The zero-order valence-corrected chi connectivity index (χ0v) is 9.35. The third-order valence-electron chi connectivity index (χ3n) is 2.23. The molecule has 0 saturated carbocycles. The highest BCUT2D eigenvalue weighted by Crippen LogP contribution is 2.14. The number of hydrogen-bond donors (Lipinski definition) is 0. The van der Waals surface area contributed by atoms with Crippen molar-refractivity contribution >= 4 is 15.9 Å². The summed E-state index contributed by atoms with van der Waals surface area (Å²) in [4.78, 5) is 0. The fourth-order valence-corrected chi connectivity index (χ4v) is 1.95. The van der Waals surface area contributed by atoms with Crippen LogP contribution in [0.4, 0.5) is 4.39 Å². The fourth-order valence-electron chi connectivity index (χ4n) is 1.26. The minimum Gasteiger partial charge on any atom is -0.207 e. The standard InChI is InChI=1S/C11H14BrF/c1-2-9(8-12)7-10-3-5-11(13)6-4-10/h3-6,9H,2,7-8H2,1H3. The molecule has 0 saturated heterocycles. The van der Waals surface area contributed by atoms with Crippen LogP contribution in [0.3, 0.4) is 0 Å². The molecule has 0 radical (unpaired) electrons. The lowest BCUT2D eigenvalue weighted by atomic mass is 9.99. The van der Waals surface area contributed by atoms with Crippen molar-refractivity contribution in [3.05, 3.63) is 35.6 Å². The first kappa shape index (κ1) is 10.7. The van der Waals surface area contributed by atoms with Crippen molar-refractivity contribution in [2.24, 2.45) is 5.92 Å². The van der Waals surface area contributed by atoms with Gasteiger partial charge >= 0.3 is 0 Å². The van der Waals surface area contributed by atoms with E-state index in [1.165, 1.54) is 17.7 Å². The molecular weight excluding hydrogens is 231 g/mol. The Morgan fingerprint density at radius 1 is 1.31 bits per heavy atom. The van der Waals surface area contributed by atoms with Gasteiger partial charge in [-0.2, -0.15) is 0 Å². The van der Waals surface area contributed by atoms with Crippen LogP contribution < -0.4 is 0 Å². The molecule has 0 heterocycles. The highest BCUT2D eigenvalue weighted by molar-refractivity contribution is 9.09. The normalized spacial score (nSPS) is 12.8. The van der Waals surface area contributed by atoms with Gasteiger partial charge in [-0.05, 0) is 30.0 Å². The molecular formula is C11H14BrF. The Morgan fingerprint density at radius 2 is 1.92 bits per heavy atom. The van der Waals surface area contributed by atoms with Crippen molar-refractivity contribution in [1.82, 2.24) is 0 Å². The van der Waals surface area contributed by atoms with Crippen molar-refractivity contribution in [2.45, 2.75) is 19.8 Å². The summed E-state index contributed by atoms with van der Waals surface area (Å²) in [6, 6.07) is 6.77. The second kappa shape index (κ2) is 5.38. The monoisotopic (exact) mass is 244 g/mol. The Hall–Kier alpha value is -0.370. The van der Waals surface area contributed by atoms with E-state index in [4.69, 9.17) is 0 Å². The highest BCUT2D eigenvalue weighted by atomic mass is 79.9. The van der Waals surface area contributed by atoms with E-state index in [2.05, 4.69) is 22.9 Å². The van der Waals surface area contributed by atoms with Crippen LogP contribution >= 0.6 is 15.9 Å². The van der Waals surface area contributed by atoms with Crippen LogP contribution in [0.2, 0.25) is 0 Å². The predicted molar refractivity (Wildman–Crippen MR) is 57.7 cm³/mol. The summed E-state index contributed by atoms with van der Waals surface area (Å²) in [5.41, 5.74) is 1.22. The van der Waals surface area contributed by atoms with Gasteiger partial charge in [0.05, 0.1) is 0 Å². The Morgan fingerprint density at radius 3 is 2.38 bits per heavy atom. The first-order valence-corrected chi connectivity index (χ1v) is 5.68. The maximum absolute atomic E-state index is 12.6. The minimum atomic E-state index is -0.157. The van der Waals surface area contributed by atoms with Gasteiger partial charge in [0, 0.05) is 5.33 Å². The molecule has 13 heavy (non-hydrogen) atoms. The third kappa shape index (κ3) is 3.47.